The normalized spacial score (nSPS) is 18.6. The van der Waals surface area contributed by atoms with Crippen LogP contribution >= 0.6 is 12.2 Å². The number of halogens is 2. The Morgan fingerprint density at radius 3 is 2.80 bits per heavy atom. The van der Waals surface area contributed by atoms with Crippen molar-refractivity contribution >= 4 is 22.9 Å². The van der Waals surface area contributed by atoms with E-state index in [4.69, 9.17) is 23.1 Å². The molecule has 20 heavy (non-hydrogen) atoms. The molecule has 0 amide bonds. The molecule has 0 spiro atoms. The molecule has 3 N–H and O–H groups in total. The molecule has 1 heterocycles. The summed E-state index contributed by atoms with van der Waals surface area (Å²) in [6.45, 7) is 0.806. The monoisotopic (exact) mass is 300 g/mol. The molecule has 110 valence electrons. The average molecular weight is 300 g/mol. The molecule has 1 aliphatic rings. The second kappa shape index (κ2) is 6.45. The number of nitrogens with zero attached hydrogens (tertiary/aromatic N) is 1. The van der Waals surface area contributed by atoms with Crippen molar-refractivity contribution in [3.63, 3.8) is 0 Å². The lowest BCUT2D eigenvalue weighted by Gasteiger charge is -2.27. The number of aliphatic hydroxyl groups is 1. The lowest BCUT2D eigenvalue weighted by molar-refractivity contribution is 0.279. The average Bonchev–Trinajstić information content (AvgIpc) is 2.87. The number of thiocarbonyl (C=S) groups is 1. The van der Waals surface area contributed by atoms with Crippen molar-refractivity contribution in [2.45, 2.75) is 31.7 Å². The molecule has 1 aromatic carbocycles. The number of nitrogens with two attached hydrogens (primary N) is 1. The van der Waals surface area contributed by atoms with Gasteiger partial charge in [0, 0.05) is 24.8 Å². The van der Waals surface area contributed by atoms with Gasteiger partial charge in [0.05, 0.1) is 5.69 Å². The van der Waals surface area contributed by atoms with E-state index in [0.29, 0.717) is 13.0 Å². The fourth-order valence-electron chi connectivity index (χ4n) is 2.73. The number of rotatable bonds is 5. The zero-order valence-corrected chi connectivity index (χ0v) is 11.9. The van der Waals surface area contributed by atoms with Crippen LogP contribution in [0.3, 0.4) is 0 Å². The van der Waals surface area contributed by atoms with Gasteiger partial charge in [0.2, 0.25) is 0 Å². The molecule has 1 atom stereocenters. The summed E-state index contributed by atoms with van der Waals surface area (Å²) in [6.07, 6.45) is 3.30. The smallest absolute Gasteiger partial charge is 0.182 e. The van der Waals surface area contributed by atoms with Gasteiger partial charge < -0.3 is 15.7 Å². The Morgan fingerprint density at radius 2 is 2.15 bits per heavy atom. The highest BCUT2D eigenvalue weighted by molar-refractivity contribution is 7.80. The van der Waals surface area contributed by atoms with Gasteiger partial charge in [-0.05, 0) is 37.8 Å². The first-order chi connectivity index (χ1) is 9.56. The van der Waals surface area contributed by atoms with E-state index in [9.17, 15) is 8.78 Å². The van der Waals surface area contributed by atoms with Gasteiger partial charge in [-0.2, -0.15) is 0 Å². The van der Waals surface area contributed by atoms with Crippen LogP contribution in [-0.4, -0.2) is 29.3 Å². The van der Waals surface area contributed by atoms with Crippen molar-refractivity contribution in [1.29, 1.82) is 0 Å². The lowest BCUT2D eigenvalue weighted by atomic mass is 10.1. The van der Waals surface area contributed by atoms with Crippen LogP contribution < -0.4 is 10.6 Å². The first kappa shape index (κ1) is 15.1. The Labute approximate surface area is 122 Å². The van der Waals surface area contributed by atoms with Gasteiger partial charge in [-0.15, -0.1) is 0 Å². The van der Waals surface area contributed by atoms with Crippen molar-refractivity contribution in [2.24, 2.45) is 5.73 Å². The second-order valence-electron chi connectivity index (χ2n) is 4.98. The van der Waals surface area contributed by atoms with Crippen molar-refractivity contribution in [3.05, 3.63) is 29.3 Å². The molecule has 1 aromatic rings. The zero-order valence-electron chi connectivity index (χ0n) is 11.1. The third-order valence-corrected chi connectivity index (χ3v) is 3.93. The van der Waals surface area contributed by atoms with Gasteiger partial charge in [0.25, 0.3) is 0 Å². The van der Waals surface area contributed by atoms with E-state index in [1.807, 2.05) is 4.90 Å². The molecule has 0 aliphatic carbocycles. The maximum atomic E-state index is 14.2. The molecular formula is C14H18F2N2OS. The molecule has 1 fully saturated rings. The van der Waals surface area contributed by atoms with E-state index < -0.39 is 11.6 Å². The fourth-order valence-corrected chi connectivity index (χ4v) is 2.89. The maximum absolute atomic E-state index is 14.2. The molecule has 3 nitrogen and oxygen atoms in total. The van der Waals surface area contributed by atoms with Crippen LogP contribution in [-0.2, 0) is 0 Å². The van der Waals surface area contributed by atoms with Gasteiger partial charge in [-0.1, -0.05) is 12.2 Å². The second-order valence-corrected chi connectivity index (χ2v) is 5.42. The SMILES string of the molecule is NC(=S)c1ccc(N2CCCC2CCCO)c(F)c1F. The van der Waals surface area contributed by atoms with Gasteiger partial charge in [-0.25, -0.2) is 8.78 Å². The van der Waals surface area contributed by atoms with Crippen LogP contribution in [0.2, 0.25) is 0 Å². The summed E-state index contributed by atoms with van der Waals surface area (Å²) >= 11 is 4.70. The Morgan fingerprint density at radius 1 is 1.40 bits per heavy atom. The molecule has 1 aliphatic heterocycles. The van der Waals surface area contributed by atoms with Gasteiger partial charge in [0.15, 0.2) is 11.6 Å². The number of hydrogen-bond donors (Lipinski definition) is 2. The highest BCUT2D eigenvalue weighted by Crippen LogP contribution is 2.32. The summed E-state index contributed by atoms with van der Waals surface area (Å²) < 4.78 is 28.1. The standard InChI is InChI=1S/C14H18F2N2OS/c15-12-10(14(17)20)5-6-11(13(12)16)18-7-1-3-9(18)4-2-8-19/h5-6,9,19H,1-4,7-8H2,(H2,17,20). The topological polar surface area (TPSA) is 49.5 Å². The van der Waals surface area contributed by atoms with E-state index in [1.54, 1.807) is 0 Å². The van der Waals surface area contributed by atoms with Crippen molar-refractivity contribution < 1.29 is 13.9 Å². The summed E-state index contributed by atoms with van der Waals surface area (Å²) in [4.78, 5) is 1.73. The number of benzene rings is 1. The van der Waals surface area contributed by atoms with Crippen molar-refractivity contribution in [3.8, 4) is 0 Å². The minimum absolute atomic E-state index is 0.0626. The Bertz CT molecular complexity index is 510. The Kier molecular flexibility index (Phi) is 4.88. The van der Waals surface area contributed by atoms with Crippen LogP contribution in [0.25, 0.3) is 0 Å². The van der Waals surface area contributed by atoms with E-state index in [-0.39, 0.29) is 28.9 Å². The molecule has 0 saturated carbocycles. The first-order valence-corrected chi connectivity index (χ1v) is 7.12. The fraction of sp³-hybridized carbons (Fsp3) is 0.500. The third kappa shape index (κ3) is 2.91. The van der Waals surface area contributed by atoms with Gasteiger partial charge in [0.1, 0.15) is 4.99 Å². The van der Waals surface area contributed by atoms with E-state index >= 15 is 0 Å². The van der Waals surface area contributed by atoms with Crippen LogP contribution in [0.5, 0.6) is 0 Å². The predicted octanol–water partition coefficient (Wildman–Crippen LogP) is 2.34. The number of aliphatic hydroxyl groups excluding tert-OH is 1. The van der Waals surface area contributed by atoms with Crippen LogP contribution in [0.1, 0.15) is 31.2 Å². The van der Waals surface area contributed by atoms with Gasteiger partial charge in [-0.3, -0.25) is 0 Å². The van der Waals surface area contributed by atoms with E-state index in [2.05, 4.69) is 0 Å². The third-order valence-electron chi connectivity index (χ3n) is 3.71. The Hall–Kier alpha value is -1.27. The highest BCUT2D eigenvalue weighted by Gasteiger charge is 2.28. The molecule has 1 saturated heterocycles. The highest BCUT2D eigenvalue weighted by atomic mass is 32.1. The van der Waals surface area contributed by atoms with Crippen LogP contribution in [0.15, 0.2) is 12.1 Å². The minimum atomic E-state index is -0.984. The molecule has 0 bridgehead atoms. The van der Waals surface area contributed by atoms with Crippen LogP contribution in [0, 0.1) is 11.6 Å². The van der Waals surface area contributed by atoms with Crippen LogP contribution in [0.4, 0.5) is 14.5 Å². The first-order valence-electron chi connectivity index (χ1n) is 6.71. The molecule has 6 heteroatoms. The summed E-state index contributed by atoms with van der Waals surface area (Å²) in [5, 5.41) is 8.90. The predicted molar refractivity (Wildman–Crippen MR) is 78.9 cm³/mol. The van der Waals surface area contributed by atoms with Crippen molar-refractivity contribution in [2.75, 3.05) is 18.1 Å². The molecule has 1 unspecified atom stereocenters. The largest absolute Gasteiger partial charge is 0.396 e. The minimum Gasteiger partial charge on any atom is -0.396 e. The Balaban J connectivity index is 2.28. The number of anilines is 1. The summed E-state index contributed by atoms with van der Waals surface area (Å²) in [5.74, 6) is -1.88. The molecular weight excluding hydrogens is 282 g/mol. The zero-order chi connectivity index (χ0) is 14.7. The molecule has 0 aromatic heterocycles. The van der Waals surface area contributed by atoms with E-state index in [0.717, 1.165) is 19.3 Å². The number of hydrogen-bond acceptors (Lipinski definition) is 3. The summed E-state index contributed by atoms with van der Waals surface area (Å²) in [6, 6.07) is 3.11. The van der Waals surface area contributed by atoms with E-state index in [1.165, 1.54) is 12.1 Å². The quantitative estimate of drug-likeness (QED) is 0.820. The summed E-state index contributed by atoms with van der Waals surface area (Å²) in [5.41, 5.74) is 5.55. The van der Waals surface area contributed by atoms with Crippen molar-refractivity contribution in [1.82, 2.24) is 0 Å². The maximum Gasteiger partial charge on any atom is 0.182 e. The summed E-state index contributed by atoms with van der Waals surface area (Å²) in [7, 11) is 0. The van der Waals surface area contributed by atoms with Gasteiger partial charge >= 0.3 is 0 Å². The lowest BCUT2D eigenvalue weighted by Crippen LogP contribution is -2.30. The molecule has 2 rings (SSSR count). The molecule has 0 radical (unpaired) electrons.